The smallest absolute Gasteiger partial charge is 0.306 e. The summed E-state index contributed by atoms with van der Waals surface area (Å²) in [6.07, 6.45) is 0.552. The number of ether oxygens (including phenoxy) is 1. The van der Waals surface area contributed by atoms with E-state index in [9.17, 15) is 39.9 Å². The Morgan fingerprint density at radius 1 is 1.00 bits per heavy atom. The largest absolute Gasteiger partial charge is 0.381 e. The van der Waals surface area contributed by atoms with Crippen LogP contribution in [0.5, 0.6) is 0 Å². The fourth-order valence-electron chi connectivity index (χ4n) is 4.66. The molecule has 13 nitrogen and oxygen atoms in total. The molecule has 0 radical (unpaired) electrons. The van der Waals surface area contributed by atoms with E-state index in [2.05, 4.69) is 10.2 Å². The Labute approximate surface area is 224 Å². The molecule has 2 amide bonds. The minimum Gasteiger partial charge on any atom is -0.381 e. The summed E-state index contributed by atoms with van der Waals surface area (Å²) in [6, 6.07) is 12.8. The van der Waals surface area contributed by atoms with Crippen LogP contribution in [0.2, 0.25) is 0 Å². The van der Waals surface area contributed by atoms with E-state index >= 15 is 0 Å². The van der Waals surface area contributed by atoms with E-state index in [1.54, 1.807) is 12.1 Å². The molecule has 2 aliphatic rings. The van der Waals surface area contributed by atoms with E-state index in [-0.39, 0.29) is 11.1 Å². The first-order valence-electron chi connectivity index (χ1n) is 12.3. The van der Waals surface area contributed by atoms with Crippen LogP contribution in [0, 0.1) is 0 Å². The van der Waals surface area contributed by atoms with Crippen molar-refractivity contribution < 1.29 is 44.7 Å². The number of carbonyl (C=O) groups is 3. The standard InChI is InChI=1S/C26H32N4O9/c1-29(24(34)22(32)28-23(33)25(35,36)26(24,37)38)15-20-19(16-31)3-2-4-21(20)27-13-17-5-7-18(8-6-17)14-30-9-11-39-12-10-30/h2-8,16,27,34-38H,9-15H2,1H3,(H,28,32,33). The van der Waals surface area contributed by atoms with Gasteiger partial charge in [0.05, 0.1) is 13.2 Å². The summed E-state index contributed by atoms with van der Waals surface area (Å²) in [6.45, 7) is 3.94. The number of carbonyl (C=O) groups excluding carboxylic acids is 3. The maximum atomic E-state index is 12.5. The maximum Gasteiger partial charge on any atom is 0.306 e. The van der Waals surface area contributed by atoms with Gasteiger partial charge in [-0.15, -0.1) is 0 Å². The number of nitrogens with zero attached hydrogens (tertiary/aromatic N) is 2. The Bertz CT molecular complexity index is 1230. The number of likely N-dealkylation sites (N-methyl/N-ethyl adjacent to an activating group) is 1. The highest BCUT2D eigenvalue weighted by molar-refractivity contribution is 6.06. The van der Waals surface area contributed by atoms with Gasteiger partial charge in [0.2, 0.25) is 0 Å². The number of amides is 2. The van der Waals surface area contributed by atoms with E-state index < -0.39 is 35.7 Å². The molecule has 1 unspecified atom stereocenters. The minimum absolute atomic E-state index is 0.171. The van der Waals surface area contributed by atoms with E-state index in [0.29, 0.717) is 23.4 Å². The first-order valence-corrected chi connectivity index (χ1v) is 12.3. The van der Waals surface area contributed by atoms with Gasteiger partial charge in [-0.1, -0.05) is 36.4 Å². The van der Waals surface area contributed by atoms with Crippen molar-refractivity contribution in [2.24, 2.45) is 0 Å². The van der Waals surface area contributed by atoms with Crippen LogP contribution in [0.15, 0.2) is 42.5 Å². The van der Waals surface area contributed by atoms with Crippen molar-refractivity contribution in [2.45, 2.75) is 36.9 Å². The molecule has 210 valence electrons. The molecular formula is C26H32N4O9. The molecule has 4 rings (SSSR count). The number of piperidine rings is 1. The predicted molar refractivity (Wildman–Crippen MR) is 136 cm³/mol. The van der Waals surface area contributed by atoms with Gasteiger partial charge in [0.1, 0.15) is 6.29 Å². The molecule has 39 heavy (non-hydrogen) atoms. The topological polar surface area (TPSA) is 192 Å². The van der Waals surface area contributed by atoms with Crippen LogP contribution in [0.3, 0.4) is 0 Å². The van der Waals surface area contributed by atoms with E-state index in [0.717, 1.165) is 51.0 Å². The van der Waals surface area contributed by atoms with Crippen LogP contribution < -0.4 is 10.6 Å². The zero-order valence-corrected chi connectivity index (χ0v) is 21.3. The summed E-state index contributed by atoms with van der Waals surface area (Å²) in [5, 5.41) is 56.3. The van der Waals surface area contributed by atoms with Gasteiger partial charge in [0.25, 0.3) is 23.3 Å². The van der Waals surface area contributed by atoms with Gasteiger partial charge in [-0.2, -0.15) is 0 Å². The second-order valence-electron chi connectivity index (χ2n) is 9.71. The summed E-state index contributed by atoms with van der Waals surface area (Å²) in [5.74, 6) is -11.3. The van der Waals surface area contributed by atoms with Crippen LogP contribution >= 0.6 is 0 Å². The van der Waals surface area contributed by atoms with Crippen LogP contribution in [0.4, 0.5) is 5.69 Å². The molecule has 2 aromatic carbocycles. The van der Waals surface area contributed by atoms with Crippen LogP contribution in [-0.2, 0) is 34.0 Å². The molecule has 7 N–H and O–H groups in total. The van der Waals surface area contributed by atoms with Crippen molar-refractivity contribution >= 4 is 23.8 Å². The maximum absolute atomic E-state index is 12.5. The predicted octanol–water partition coefficient (Wildman–Crippen LogP) is -1.92. The number of hydrogen-bond donors (Lipinski definition) is 7. The van der Waals surface area contributed by atoms with Gasteiger partial charge in [-0.3, -0.25) is 29.5 Å². The molecule has 13 heteroatoms. The number of hydrogen-bond acceptors (Lipinski definition) is 12. The highest BCUT2D eigenvalue weighted by Gasteiger charge is 2.74. The Hall–Kier alpha value is -3.27. The number of imide groups is 1. The third kappa shape index (κ3) is 5.31. The monoisotopic (exact) mass is 544 g/mol. The third-order valence-corrected chi connectivity index (χ3v) is 7.14. The lowest BCUT2D eigenvalue weighted by atomic mass is 9.86. The number of aliphatic hydroxyl groups is 5. The second-order valence-corrected chi connectivity index (χ2v) is 9.71. The number of morpholine rings is 1. The fraction of sp³-hybridized carbons (Fsp3) is 0.423. The Morgan fingerprint density at radius 3 is 2.28 bits per heavy atom. The molecule has 2 aromatic rings. The molecule has 0 bridgehead atoms. The molecule has 2 aliphatic heterocycles. The summed E-state index contributed by atoms with van der Waals surface area (Å²) in [5.41, 5.74) is -0.396. The average Bonchev–Trinajstić information content (AvgIpc) is 2.92. The average molecular weight is 545 g/mol. The summed E-state index contributed by atoms with van der Waals surface area (Å²) in [7, 11) is 1.09. The fourth-order valence-corrected chi connectivity index (χ4v) is 4.66. The highest BCUT2D eigenvalue weighted by Crippen LogP contribution is 2.37. The number of aldehydes is 1. The molecular weight excluding hydrogens is 512 g/mol. The second kappa shape index (κ2) is 11.1. The summed E-state index contributed by atoms with van der Waals surface area (Å²) in [4.78, 5) is 39.1. The third-order valence-electron chi connectivity index (χ3n) is 7.14. The van der Waals surface area contributed by atoms with Crippen LogP contribution in [0.25, 0.3) is 0 Å². The molecule has 2 fully saturated rings. The molecule has 0 saturated carbocycles. The molecule has 1 atom stereocenters. The van der Waals surface area contributed by atoms with Gasteiger partial charge in [0.15, 0.2) is 0 Å². The van der Waals surface area contributed by atoms with Gasteiger partial charge >= 0.3 is 5.79 Å². The Morgan fingerprint density at radius 2 is 1.64 bits per heavy atom. The Kier molecular flexibility index (Phi) is 8.16. The van der Waals surface area contributed by atoms with Crippen molar-refractivity contribution in [1.29, 1.82) is 0 Å². The number of benzene rings is 2. The van der Waals surface area contributed by atoms with Gasteiger partial charge in [0, 0.05) is 44.0 Å². The SMILES string of the molecule is CN(Cc1c(C=O)cccc1NCc1ccc(CN2CCOCC2)cc1)C1(O)C(=O)NC(=O)C(O)(O)C1(O)O. The van der Waals surface area contributed by atoms with Gasteiger partial charge in [-0.05, 0) is 29.8 Å². The zero-order valence-electron chi connectivity index (χ0n) is 21.3. The van der Waals surface area contributed by atoms with Crippen LogP contribution in [0.1, 0.15) is 27.0 Å². The normalized spacial score (nSPS) is 22.9. The van der Waals surface area contributed by atoms with Crippen molar-refractivity contribution in [2.75, 3.05) is 38.7 Å². The van der Waals surface area contributed by atoms with E-state index in [1.165, 1.54) is 11.4 Å². The number of anilines is 1. The molecule has 0 spiro atoms. The van der Waals surface area contributed by atoms with E-state index in [4.69, 9.17) is 4.74 Å². The van der Waals surface area contributed by atoms with Crippen molar-refractivity contribution in [1.82, 2.24) is 15.1 Å². The molecule has 2 saturated heterocycles. The summed E-state index contributed by atoms with van der Waals surface area (Å²) >= 11 is 0. The Balaban J connectivity index is 1.52. The van der Waals surface area contributed by atoms with Crippen molar-refractivity contribution in [3.8, 4) is 0 Å². The van der Waals surface area contributed by atoms with Crippen LogP contribution in [-0.4, -0.2) is 104 Å². The lowest BCUT2D eigenvalue weighted by Crippen LogP contribution is -2.85. The first kappa shape index (κ1) is 28.7. The number of nitrogens with one attached hydrogen (secondary N) is 2. The summed E-state index contributed by atoms with van der Waals surface area (Å²) < 4.78 is 5.38. The first-order chi connectivity index (χ1) is 18.4. The lowest BCUT2D eigenvalue weighted by molar-refractivity contribution is -0.411. The quantitative estimate of drug-likeness (QED) is 0.105. The van der Waals surface area contributed by atoms with Gasteiger partial charge < -0.3 is 35.6 Å². The minimum atomic E-state index is -4.01. The molecule has 0 aliphatic carbocycles. The molecule has 0 aromatic heterocycles. The van der Waals surface area contributed by atoms with Gasteiger partial charge in [-0.25, -0.2) is 0 Å². The zero-order chi connectivity index (χ0) is 28.4. The highest BCUT2D eigenvalue weighted by atomic mass is 16.6. The molecule has 2 heterocycles. The van der Waals surface area contributed by atoms with Crippen molar-refractivity contribution in [3.05, 3.63) is 64.7 Å². The van der Waals surface area contributed by atoms with E-state index in [1.807, 2.05) is 24.3 Å². The van der Waals surface area contributed by atoms with Crippen molar-refractivity contribution in [3.63, 3.8) is 0 Å². The lowest BCUT2D eigenvalue weighted by Gasteiger charge is -2.50. The number of rotatable bonds is 9.